The Morgan fingerprint density at radius 1 is 1.10 bits per heavy atom. The number of hydrogen-bond donors (Lipinski definition) is 0. The third kappa shape index (κ3) is 6.95. The van der Waals surface area contributed by atoms with Crippen molar-refractivity contribution < 1.29 is 37.0 Å². The van der Waals surface area contributed by atoms with Crippen molar-refractivity contribution in [2.45, 2.75) is 44.9 Å². The quantitative estimate of drug-likeness (QED) is 0.241. The van der Waals surface area contributed by atoms with Crippen molar-refractivity contribution in [2.75, 3.05) is 31.2 Å². The van der Waals surface area contributed by atoms with E-state index in [2.05, 4.69) is 14.6 Å². The highest BCUT2D eigenvalue weighted by Gasteiger charge is 2.41. The van der Waals surface area contributed by atoms with Gasteiger partial charge in [0.1, 0.15) is 24.3 Å². The van der Waals surface area contributed by atoms with E-state index in [0.29, 0.717) is 31.4 Å². The number of nitro groups is 1. The molecule has 1 aromatic heterocycles. The van der Waals surface area contributed by atoms with Gasteiger partial charge >= 0.3 is 18.2 Å². The van der Waals surface area contributed by atoms with Gasteiger partial charge in [-0.25, -0.2) is 0 Å². The molecule has 13 heteroatoms. The maximum Gasteiger partial charge on any atom is 0.573 e. The van der Waals surface area contributed by atoms with Crippen LogP contribution in [0.2, 0.25) is 0 Å². The predicted octanol–water partition coefficient (Wildman–Crippen LogP) is 5.35. The molecule has 0 aliphatic carbocycles. The van der Waals surface area contributed by atoms with Gasteiger partial charge in [0.05, 0.1) is 13.2 Å². The molecular formula is C27H29F3N4O6. The topological polar surface area (TPSA) is 101 Å². The molecule has 1 saturated heterocycles. The van der Waals surface area contributed by atoms with Crippen molar-refractivity contribution >= 4 is 11.5 Å². The van der Waals surface area contributed by atoms with E-state index < -0.39 is 16.9 Å². The molecule has 40 heavy (non-hydrogen) atoms. The molecule has 0 amide bonds. The average molecular weight is 563 g/mol. The zero-order chi connectivity index (χ0) is 28.3. The smallest absolute Gasteiger partial charge is 0.489 e. The van der Waals surface area contributed by atoms with E-state index >= 15 is 0 Å². The minimum atomic E-state index is -4.70. The zero-order valence-electron chi connectivity index (χ0n) is 21.8. The second-order valence-electron chi connectivity index (χ2n) is 10.2. The Bertz CT molecular complexity index is 1280. The van der Waals surface area contributed by atoms with Gasteiger partial charge in [-0.2, -0.15) is 0 Å². The molecule has 3 heterocycles. The summed E-state index contributed by atoms with van der Waals surface area (Å²) in [5.74, 6) is 0.626. The molecule has 3 aromatic rings. The maximum atomic E-state index is 12.3. The summed E-state index contributed by atoms with van der Waals surface area (Å²) in [6, 6.07) is 13.8. The number of imidazole rings is 1. The second-order valence-corrected chi connectivity index (χ2v) is 10.2. The van der Waals surface area contributed by atoms with Crippen molar-refractivity contribution in [2.24, 2.45) is 5.92 Å². The highest BCUT2D eigenvalue weighted by Crippen LogP contribution is 2.32. The molecule has 1 unspecified atom stereocenters. The van der Waals surface area contributed by atoms with Crippen molar-refractivity contribution in [3.8, 4) is 17.5 Å². The first-order valence-electron chi connectivity index (χ1n) is 12.9. The minimum Gasteiger partial charge on any atom is -0.489 e. The average Bonchev–Trinajstić information content (AvgIpc) is 3.44. The first kappa shape index (κ1) is 27.6. The maximum absolute atomic E-state index is 12.3. The van der Waals surface area contributed by atoms with Gasteiger partial charge in [0.2, 0.25) is 0 Å². The van der Waals surface area contributed by atoms with E-state index in [4.69, 9.17) is 14.2 Å². The molecular weight excluding hydrogens is 533 g/mol. The van der Waals surface area contributed by atoms with Gasteiger partial charge in [0.25, 0.3) is 0 Å². The van der Waals surface area contributed by atoms with Crippen LogP contribution in [0.25, 0.3) is 0 Å². The summed E-state index contributed by atoms with van der Waals surface area (Å²) in [6.07, 6.45) is -1.39. The molecule has 0 bridgehead atoms. The van der Waals surface area contributed by atoms with Crippen LogP contribution in [0.5, 0.6) is 17.5 Å². The van der Waals surface area contributed by atoms with Crippen molar-refractivity contribution in [1.82, 2.24) is 9.55 Å². The molecule has 0 saturated carbocycles. The Morgan fingerprint density at radius 3 is 2.40 bits per heavy atom. The van der Waals surface area contributed by atoms with E-state index in [1.54, 1.807) is 16.7 Å². The summed E-state index contributed by atoms with van der Waals surface area (Å²) >= 11 is 0. The number of ether oxygens (including phenoxy) is 4. The number of benzene rings is 2. The van der Waals surface area contributed by atoms with E-state index in [1.807, 2.05) is 31.2 Å². The Morgan fingerprint density at radius 2 is 1.77 bits per heavy atom. The van der Waals surface area contributed by atoms with E-state index in [9.17, 15) is 23.3 Å². The lowest BCUT2D eigenvalue weighted by Gasteiger charge is -2.33. The summed E-state index contributed by atoms with van der Waals surface area (Å²) in [5, 5.41) is 10.9. The molecule has 0 spiro atoms. The summed E-state index contributed by atoms with van der Waals surface area (Å²) < 4.78 is 59.9. The number of alkyl halides is 3. The molecule has 0 N–H and O–H groups in total. The van der Waals surface area contributed by atoms with Gasteiger partial charge < -0.3 is 34.0 Å². The molecule has 1 atom stereocenters. The molecule has 2 aliphatic heterocycles. The van der Waals surface area contributed by atoms with Crippen LogP contribution < -0.4 is 19.1 Å². The van der Waals surface area contributed by atoms with Crippen molar-refractivity contribution in [3.63, 3.8) is 0 Å². The number of nitrogens with zero attached hydrogens (tertiary/aromatic N) is 4. The number of hydrogen-bond acceptors (Lipinski definition) is 8. The van der Waals surface area contributed by atoms with Gasteiger partial charge in [-0.3, -0.25) is 4.57 Å². The lowest BCUT2D eigenvalue weighted by Crippen LogP contribution is -2.38. The zero-order valence-corrected chi connectivity index (χ0v) is 21.8. The highest BCUT2D eigenvalue weighted by molar-refractivity contribution is 5.49. The summed E-state index contributed by atoms with van der Waals surface area (Å²) in [4.78, 5) is 16.5. The summed E-state index contributed by atoms with van der Waals surface area (Å²) in [6.45, 7) is 5.25. The van der Waals surface area contributed by atoms with Gasteiger partial charge in [0, 0.05) is 30.4 Å². The number of halogens is 3. The molecule has 0 radical (unpaired) electrons. The second kappa shape index (κ2) is 11.2. The standard InChI is InChI=1S/C27H29F3N4O6/c1-26(17-33-14-24(34(35)36)31-25(33)40-26)18-38-22-8-4-21(5-9-22)32-12-10-20(11-13-32)16-37-15-19-2-6-23(7-3-19)39-27(28,29)30/h2-9,14,20H,10-13,15-18H2,1H3. The fraction of sp³-hybridized carbons (Fsp3) is 0.444. The van der Waals surface area contributed by atoms with Crippen LogP contribution in [0.1, 0.15) is 25.3 Å². The monoisotopic (exact) mass is 562 g/mol. The van der Waals surface area contributed by atoms with Crippen LogP contribution in [0, 0.1) is 16.0 Å². The van der Waals surface area contributed by atoms with Crippen molar-refractivity contribution in [1.29, 1.82) is 0 Å². The molecule has 10 nitrogen and oxygen atoms in total. The normalized spacial score (nSPS) is 19.2. The third-order valence-corrected chi connectivity index (χ3v) is 6.90. The molecule has 214 valence electrons. The number of anilines is 1. The van der Waals surface area contributed by atoms with Crippen LogP contribution in [0.3, 0.4) is 0 Å². The fourth-order valence-electron chi connectivity index (χ4n) is 4.83. The molecule has 2 aromatic carbocycles. The predicted molar refractivity (Wildman–Crippen MR) is 138 cm³/mol. The van der Waals surface area contributed by atoms with Crippen molar-refractivity contribution in [3.05, 3.63) is 70.4 Å². The number of aromatic nitrogens is 2. The van der Waals surface area contributed by atoms with Gasteiger partial charge in [-0.1, -0.05) is 12.1 Å². The molecule has 5 rings (SSSR count). The van der Waals surface area contributed by atoms with Crippen LogP contribution in [0.4, 0.5) is 24.7 Å². The van der Waals surface area contributed by atoms with Crippen LogP contribution in [0.15, 0.2) is 54.7 Å². The van der Waals surface area contributed by atoms with E-state index in [1.165, 1.54) is 18.3 Å². The lowest BCUT2D eigenvalue weighted by molar-refractivity contribution is -0.389. The van der Waals surface area contributed by atoms with Crippen LogP contribution in [-0.4, -0.2) is 52.7 Å². The minimum absolute atomic E-state index is 0.218. The SMILES string of the molecule is CC1(COc2ccc(N3CCC(COCc4ccc(OC(F)(F)F)cc4)CC3)cc2)Cn2cc([N+](=O)[O-])nc2O1. The van der Waals surface area contributed by atoms with Gasteiger partial charge in [-0.15, -0.1) is 13.2 Å². The first-order valence-corrected chi connectivity index (χ1v) is 12.9. The lowest BCUT2D eigenvalue weighted by atomic mass is 9.97. The van der Waals surface area contributed by atoms with E-state index in [0.717, 1.165) is 37.2 Å². The van der Waals surface area contributed by atoms with E-state index in [-0.39, 0.29) is 24.2 Å². The summed E-state index contributed by atoms with van der Waals surface area (Å²) in [7, 11) is 0. The Kier molecular flexibility index (Phi) is 7.74. The van der Waals surface area contributed by atoms with Gasteiger partial charge in [0.15, 0.2) is 5.60 Å². The largest absolute Gasteiger partial charge is 0.573 e. The van der Waals surface area contributed by atoms with Crippen LogP contribution in [-0.2, 0) is 17.9 Å². The Labute approximate surface area is 228 Å². The highest BCUT2D eigenvalue weighted by atomic mass is 19.4. The Balaban J connectivity index is 1.02. The number of fused-ring (bicyclic) bond motifs is 1. The fourth-order valence-corrected chi connectivity index (χ4v) is 4.83. The third-order valence-electron chi connectivity index (χ3n) is 6.90. The summed E-state index contributed by atoms with van der Waals surface area (Å²) in [5.41, 5.74) is 1.21. The molecule has 1 fully saturated rings. The first-order chi connectivity index (χ1) is 19.1. The van der Waals surface area contributed by atoms with Gasteiger partial charge in [-0.05, 0) is 72.6 Å². The number of piperidine rings is 1. The van der Waals surface area contributed by atoms with Crippen LogP contribution >= 0.6 is 0 Å². The Hall–Kier alpha value is -4.00. The molecule has 2 aliphatic rings. The number of rotatable bonds is 10.